The number of aliphatic hydroxyl groups is 1. The van der Waals surface area contributed by atoms with Crippen LogP contribution in [0.1, 0.15) is 17.0 Å². The number of sulfone groups is 1. The summed E-state index contributed by atoms with van der Waals surface area (Å²) in [4.78, 5) is 11.9. The summed E-state index contributed by atoms with van der Waals surface area (Å²) in [6.07, 6.45) is 0. The van der Waals surface area contributed by atoms with E-state index in [2.05, 4.69) is 0 Å². The van der Waals surface area contributed by atoms with E-state index in [1.807, 2.05) is 6.92 Å². The Morgan fingerprint density at radius 1 is 1.12 bits per heavy atom. The van der Waals surface area contributed by atoms with Crippen LogP contribution < -0.4 is 0 Å². The molecule has 2 N–H and O–H groups in total. The molecule has 2 aromatic carbocycles. The molecule has 0 amide bonds. The lowest BCUT2D eigenvalue weighted by Gasteiger charge is -2.09. The molecule has 0 heterocycles. The maximum absolute atomic E-state index is 13.0. The summed E-state index contributed by atoms with van der Waals surface area (Å²) in [6, 6.07) is 12.6. The number of carboxylic acids is 1. The zero-order chi connectivity index (χ0) is 18.4. The van der Waals surface area contributed by atoms with Gasteiger partial charge < -0.3 is 10.2 Å². The molecule has 0 aromatic heterocycles. The van der Waals surface area contributed by atoms with Crippen molar-refractivity contribution >= 4 is 27.4 Å². The lowest BCUT2D eigenvalue weighted by molar-refractivity contribution is -0.145. The molecule has 3 rings (SSSR count). The molecule has 25 heavy (non-hydrogen) atoms. The molecule has 0 radical (unpaired) electrons. The van der Waals surface area contributed by atoms with Gasteiger partial charge in [0.2, 0.25) is 0 Å². The lowest BCUT2D eigenvalue weighted by atomic mass is 9.99. The molecular weight excluding hydrogens is 364 g/mol. The zero-order valence-corrected chi connectivity index (χ0v) is 15.0. The minimum Gasteiger partial charge on any atom is -0.481 e. The van der Waals surface area contributed by atoms with Crippen LogP contribution in [0.4, 0.5) is 0 Å². The molecule has 0 saturated heterocycles. The summed E-state index contributed by atoms with van der Waals surface area (Å²) in [6.45, 7) is 1.13. The molecule has 7 heteroatoms. The van der Waals surface area contributed by atoms with Crippen molar-refractivity contribution < 1.29 is 23.4 Å². The number of carboxylic acid groups (broad SMARTS) is 1. The van der Waals surface area contributed by atoms with Crippen molar-refractivity contribution in [3.05, 3.63) is 64.7 Å². The van der Waals surface area contributed by atoms with Crippen LogP contribution in [-0.4, -0.2) is 36.5 Å². The van der Waals surface area contributed by atoms with Crippen LogP contribution >= 0.6 is 11.6 Å². The molecule has 0 unspecified atom stereocenters. The summed E-state index contributed by atoms with van der Waals surface area (Å²) in [5.41, 5.74) is -0.177. The van der Waals surface area contributed by atoms with Gasteiger partial charge in [-0.3, -0.25) is 4.79 Å². The molecule has 1 fully saturated rings. The van der Waals surface area contributed by atoms with E-state index in [1.165, 1.54) is 24.3 Å². The molecule has 1 aliphatic carbocycles. The van der Waals surface area contributed by atoms with Crippen molar-refractivity contribution in [2.75, 3.05) is 6.61 Å². The highest BCUT2D eigenvalue weighted by Crippen LogP contribution is 2.64. The topological polar surface area (TPSA) is 91.7 Å². The predicted molar refractivity (Wildman–Crippen MR) is 93.5 cm³/mol. The molecule has 0 aliphatic heterocycles. The Hall–Kier alpha value is -1.89. The smallest absolute Gasteiger partial charge is 0.314 e. The summed E-state index contributed by atoms with van der Waals surface area (Å²) >= 11 is 5.80. The molecule has 0 spiro atoms. The molecule has 132 valence electrons. The van der Waals surface area contributed by atoms with E-state index >= 15 is 0 Å². The highest BCUT2D eigenvalue weighted by molar-refractivity contribution is 7.92. The van der Waals surface area contributed by atoms with Gasteiger partial charge in [-0.2, -0.15) is 0 Å². The monoisotopic (exact) mass is 380 g/mol. The molecule has 2 aromatic rings. The van der Waals surface area contributed by atoms with Crippen molar-refractivity contribution in [1.29, 1.82) is 0 Å². The van der Waals surface area contributed by atoms with Crippen LogP contribution in [0.5, 0.6) is 0 Å². The third-order valence-corrected chi connectivity index (χ3v) is 7.37. The van der Waals surface area contributed by atoms with Crippen LogP contribution in [0.3, 0.4) is 0 Å². The fourth-order valence-corrected chi connectivity index (χ4v) is 5.88. The highest BCUT2D eigenvalue weighted by atomic mass is 35.5. The minimum atomic E-state index is -3.95. The minimum absolute atomic E-state index is 0.00409. The van der Waals surface area contributed by atoms with E-state index in [1.54, 1.807) is 24.3 Å². The van der Waals surface area contributed by atoms with Gasteiger partial charge in [0.1, 0.15) is 5.41 Å². The Kier molecular flexibility index (Phi) is 4.39. The summed E-state index contributed by atoms with van der Waals surface area (Å²) in [7, 11) is -3.95. The highest BCUT2D eigenvalue weighted by Gasteiger charge is 2.75. The molecule has 3 atom stereocenters. The van der Waals surface area contributed by atoms with Crippen molar-refractivity contribution in [3.63, 3.8) is 0 Å². The first-order valence-electron chi connectivity index (χ1n) is 7.65. The van der Waals surface area contributed by atoms with Gasteiger partial charge in [-0.25, -0.2) is 8.42 Å². The average molecular weight is 381 g/mol. The third-order valence-electron chi connectivity index (χ3n) is 4.83. The Morgan fingerprint density at radius 3 is 2.16 bits per heavy atom. The standard InChI is InChI=1S/C18H17ClO5S/c1-11-2-4-12(5-3-11)15-16(18(15,10-20)17(21)22)25(23,24)14-8-6-13(19)7-9-14/h2-9,15-16,20H,10H2,1H3,(H,21,22)/t15-,16+,18-/m1/s1. The second-order valence-electron chi connectivity index (χ2n) is 6.31. The number of carbonyl (C=O) groups is 1. The maximum atomic E-state index is 13.0. The predicted octanol–water partition coefficient (Wildman–Crippen LogP) is 2.65. The van der Waals surface area contributed by atoms with Crippen LogP contribution in [0, 0.1) is 12.3 Å². The first-order chi connectivity index (χ1) is 11.7. The Labute approximate surface area is 150 Å². The number of benzene rings is 2. The van der Waals surface area contributed by atoms with Gasteiger partial charge in [-0.15, -0.1) is 0 Å². The molecule has 1 aliphatic rings. The summed E-state index contributed by atoms with van der Waals surface area (Å²) in [5.74, 6) is -2.13. The van der Waals surface area contributed by atoms with Crippen LogP contribution in [0.25, 0.3) is 0 Å². The average Bonchev–Trinajstić information content (AvgIpc) is 3.27. The fourth-order valence-electron chi connectivity index (χ4n) is 3.39. The number of rotatable bonds is 5. The molecule has 0 bridgehead atoms. The van der Waals surface area contributed by atoms with Gasteiger partial charge >= 0.3 is 5.97 Å². The molecule has 5 nitrogen and oxygen atoms in total. The quantitative estimate of drug-likeness (QED) is 0.832. The number of hydrogen-bond donors (Lipinski definition) is 2. The maximum Gasteiger partial charge on any atom is 0.314 e. The number of hydrogen-bond acceptors (Lipinski definition) is 4. The number of halogens is 1. The summed E-state index contributed by atoms with van der Waals surface area (Å²) < 4.78 is 26.0. The first-order valence-corrected chi connectivity index (χ1v) is 9.58. The fraction of sp³-hybridized carbons (Fsp3) is 0.278. The van der Waals surface area contributed by atoms with E-state index in [0.29, 0.717) is 10.6 Å². The van der Waals surface area contributed by atoms with Gasteiger partial charge in [0.25, 0.3) is 0 Å². The van der Waals surface area contributed by atoms with Crippen LogP contribution in [0.2, 0.25) is 5.02 Å². The summed E-state index contributed by atoms with van der Waals surface area (Å²) in [5, 5.41) is 18.6. The number of aryl methyl sites for hydroxylation is 1. The first kappa shape index (κ1) is 17.9. The van der Waals surface area contributed by atoms with Crippen molar-refractivity contribution in [1.82, 2.24) is 0 Å². The Bertz CT molecular complexity index is 905. The number of aliphatic hydroxyl groups excluding tert-OH is 1. The number of aliphatic carboxylic acids is 1. The van der Waals surface area contributed by atoms with Gasteiger partial charge in [0.05, 0.1) is 16.8 Å². The molecular formula is C18H17ClO5S. The van der Waals surface area contributed by atoms with Crippen molar-refractivity contribution in [3.8, 4) is 0 Å². The largest absolute Gasteiger partial charge is 0.481 e. The van der Waals surface area contributed by atoms with E-state index in [4.69, 9.17) is 11.6 Å². The Balaban J connectivity index is 2.10. The van der Waals surface area contributed by atoms with Gasteiger partial charge in [0.15, 0.2) is 9.84 Å². The van der Waals surface area contributed by atoms with E-state index < -0.39 is 39.0 Å². The lowest BCUT2D eigenvalue weighted by Crippen LogP contribution is -2.27. The van der Waals surface area contributed by atoms with Crippen molar-refractivity contribution in [2.45, 2.75) is 23.0 Å². The second kappa shape index (κ2) is 6.12. The Morgan fingerprint density at radius 2 is 1.68 bits per heavy atom. The van der Waals surface area contributed by atoms with E-state index in [0.717, 1.165) is 5.56 Å². The third kappa shape index (κ3) is 2.74. The van der Waals surface area contributed by atoms with Gasteiger partial charge in [-0.05, 0) is 36.8 Å². The second-order valence-corrected chi connectivity index (χ2v) is 8.82. The normalized spacial score (nSPS) is 25.6. The SMILES string of the molecule is Cc1ccc([C@@H]2[C@H](S(=O)(=O)c3ccc(Cl)cc3)[C@]2(CO)C(=O)O)cc1. The van der Waals surface area contributed by atoms with E-state index in [9.17, 15) is 23.4 Å². The van der Waals surface area contributed by atoms with Crippen molar-refractivity contribution in [2.24, 2.45) is 5.41 Å². The van der Waals surface area contributed by atoms with Gasteiger partial charge in [0, 0.05) is 10.9 Å². The zero-order valence-electron chi connectivity index (χ0n) is 13.4. The van der Waals surface area contributed by atoms with E-state index in [-0.39, 0.29) is 4.90 Å². The molecule has 1 saturated carbocycles. The van der Waals surface area contributed by atoms with Crippen LogP contribution in [-0.2, 0) is 14.6 Å². The van der Waals surface area contributed by atoms with Crippen LogP contribution in [0.15, 0.2) is 53.4 Å². The van der Waals surface area contributed by atoms with Gasteiger partial charge in [-0.1, -0.05) is 41.4 Å².